The van der Waals surface area contributed by atoms with Crippen molar-refractivity contribution in [1.29, 1.82) is 0 Å². The minimum absolute atomic E-state index is 0.249. The first-order valence-electron chi connectivity index (χ1n) is 5.78. The normalized spacial score (nSPS) is 25.7. The van der Waals surface area contributed by atoms with Crippen molar-refractivity contribution in [3.8, 4) is 0 Å². The Labute approximate surface area is 100 Å². The maximum atomic E-state index is 3.69. The Balaban J connectivity index is 2.31. The number of halogens is 1. The first-order chi connectivity index (χ1) is 7.27. The van der Waals surface area contributed by atoms with Crippen LogP contribution in [-0.2, 0) is 5.54 Å². The minimum atomic E-state index is 0.249. The topological polar surface area (TPSA) is 12.0 Å². The van der Waals surface area contributed by atoms with Crippen LogP contribution in [0.4, 0.5) is 0 Å². The summed E-state index contributed by atoms with van der Waals surface area (Å²) in [6.45, 7) is 3.42. The summed E-state index contributed by atoms with van der Waals surface area (Å²) >= 11 is 3.56. The van der Waals surface area contributed by atoms with Crippen LogP contribution in [0.3, 0.4) is 0 Å². The van der Waals surface area contributed by atoms with E-state index in [1.54, 1.807) is 0 Å². The lowest BCUT2D eigenvalue weighted by atomic mass is 9.84. The molecular formula is C13H18BrN. The molecule has 1 saturated heterocycles. The van der Waals surface area contributed by atoms with Crippen molar-refractivity contribution >= 4 is 15.9 Å². The molecule has 0 radical (unpaired) electrons. The van der Waals surface area contributed by atoms with Crippen LogP contribution < -0.4 is 5.32 Å². The van der Waals surface area contributed by atoms with Gasteiger partial charge < -0.3 is 5.32 Å². The van der Waals surface area contributed by atoms with E-state index in [4.69, 9.17) is 0 Å². The molecule has 0 amide bonds. The monoisotopic (exact) mass is 267 g/mol. The Kier molecular flexibility index (Phi) is 3.47. The van der Waals surface area contributed by atoms with Gasteiger partial charge in [-0.05, 0) is 43.5 Å². The van der Waals surface area contributed by atoms with Crippen LogP contribution in [0, 0.1) is 0 Å². The quantitative estimate of drug-likeness (QED) is 0.878. The molecule has 1 unspecified atom stereocenters. The van der Waals surface area contributed by atoms with Crippen molar-refractivity contribution in [3.63, 3.8) is 0 Å². The number of benzene rings is 1. The highest BCUT2D eigenvalue weighted by Crippen LogP contribution is 2.36. The molecule has 2 rings (SSSR count). The van der Waals surface area contributed by atoms with E-state index in [1.165, 1.54) is 35.7 Å². The summed E-state index contributed by atoms with van der Waals surface area (Å²) in [7, 11) is 0. The van der Waals surface area contributed by atoms with E-state index in [-0.39, 0.29) is 5.54 Å². The molecular weight excluding hydrogens is 250 g/mol. The lowest BCUT2D eigenvalue weighted by Crippen LogP contribution is -2.36. The first kappa shape index (κ1) is 11.2. The summed E-state index contributed by atoms with van der Waals surface area (Å²) in [6, 6.07) is 8.74. The Bertz CT molecular complexity index is 329. The molecule has 82 valence electrons. The maximum Gasteiger partial charge on any atom is 0.0435 e. The maximum absolute atomic E-state index is 3.69. The van der Waals surface area contributed by atoms with E-state index in [1.807, 2.05) is 0 Å². The van der Waals surface area contributed by atoms with Gasteiger partial charge in [-0.25, -0.2) is 0 Å². The molecule has 0 aromatic heterocycles. The molecule has 1 aliphatic heterocycles. The fourth-order valence-electron chi connectivity index (χ4n) is 2.62. The van der Waals surface area contributed by atoms with E-state index in [9.17, 15) is 0 Å². The van der Waals surface area contributed by atoms with E-state index >= 15 is 0 Å². The third-order valence-electron chi connectivity index (χ3n) is 3.30. The molecule has 1 aliphatic rings. The summed E-state index contributed by atoms with van der Waals surface area (Å²) in [6.07, 6.45) is 5.05. The van der Waals surface area contributed by atoms with Crippen molar-refractivity contribution in [2.24, 2.45) is 0 Å². The van der Waals surface area contributed by atoms with Gasteiger partial charge >= 0.3 is 0 Å². The highest BCUT2D eigenvalue weighted by atomic mass is 79.9. The third-order valence-corrected chi connectivity index (χ3v) is 3.79. The van der Waals surface area contributed by atoms with Crippen LogP contribution in [0.1, 0.15) is 38.2 Å². The summed E-state index contributed by atoms with van der Waals surface area (Å²) in [5.74, 6) is 0. The van der Waals surface area contributed by atoms with Crippen LogP contribution in [0.5, 0.6) is 0 Å². The second-order valence-electron chi connectivity index (χ2n) is 4.37. The van der Waals surface area contributed by atoms with Gasteiger partial charge in [-0.3, -0.25) is 0 Å². The Morgan fingerprint density at radius 3 is 2.93 bits per heavy atom. The van der Waals surface area contributed by atoms with Gasteiger partial charge in [0.05, 0.1) is 0 Å². The Morgan fingerprint density at radius 1 is 1.47 bits per heavy atom. The van der Waals surface area contributed by atoms with Gasteiger partial charge in [-0.15, -0.1) is 0 Å². The van der Waals surface area contributed by atoms with Gasteiger partial charge in [0.1, 0.15) is 0 Å². The summed E-state index contributed by atoms with van der Waals surface area (Å²) in [5.41, 5.74) is 1.69. The summed E-state index contributed by atoms with van der Waals surface area (Å²) in [5, 5.41) is 3.69. The first-order valence-corrected chi connectivity index (χ1v) is 6.57. The third kappa shape index (κ3) is 2.26. The standard InChI is InChI=1S/C13H18BrN/c1-2-7-13(8-4-9-15-13)11-5-3-6-12(14)10-11/h3,5-6,10,15H,2,4,7-9H2,1H3. The molecule has 0 aliphatic carbocycles. The predicted octanol–water partition coefficient (Wildman–Crippen LogP) is 3.83. The fraction of sp³-hybridized carbons (Fsp3) is 0.538. The van der Waals surface area contributed by atoms with Crippen LogP contribution >= 0.6 is 15.9 Å². The van der Waals surface area contributed by atoms with Crippen LogP contribution in [0.2, 0.25) is 0 Å². The Morgan fingerprint density at radius 2 is 2.33 bits per heavy atom. The van der Waals surface area contributed by atoms with Crippen molar-refractivity contribution < 1.29 is 0 Å². The number of hydrogen-bond acceptors (Lipinski definition) is 1. The molecule has 1 atom stereocenters. The van der Waals surface area contributed by atoms with Gasteiger partial charge in [0, 0.05) is 10.0 Å². The number of nitrogens with one attached hydrogen (secondary N) is 1. The van der Waals surface area contributed by atoms with Crippen LogP contribution in [-0.4, -0.2) is 6.54 Å². The molecule has 0 saturated carbocycles. The van der Waals surface area contributed by atoms with Crippen molar-refractivity contribution in [3.05, 3.63) is 34.3 Å². The second kappa shape index (κ2) is 4.67. The van der Waals surface area contributed by atoms with Gasteiger partial charge in [0.25, 0.3) is 0 Å². The van der Waals surface area contributed by atoms with Crippen molar-refractivity contribution in [2.45, 2.75) is 38.1 Å². The van der Waals surface area contributed by atoms with Crippen molar-refractivity contribution in [2.75, 3.05) is 6.54 Å². The molecule has 15 heavy (non-hydrogen) atoms. The molecule has 2 heteroatoms. The average molecular weight is 268 g/mol. The van der Waals surface area contributed by atoms with E-state index in [2.05, 4.69) is 52.4 Å². The largest absolute Gasteiger partial charge is 0.307 e. The zero-order valence-corrected chi connectivity index (χ0v) is 10.8. The number of hydrogen-bond donors (Lipinski definition) is 1. The molecule has 1 nitrogen and oxygen atoms in total. The molecule has 1 aromatic rings. The second-order valence-corrected chi connectivity index (χ2v) is 5.29. The van der Waals surface area contributed by atoms with Gasteiger partial charge in [0.15, 0.2) is 0 Å². The molecule has 1 aromatic carbocycles. The average Bonchev–Trinajstić information content (AvgIpc) is 2.68. The van der Waals surface area contributed by atoms with Gasteiger partial charge in [-0.2, -0.15) is 0 Å². The molecule has 0 bridgehead atoms. The van der Waals surface area contributed by atoms with E-state index in [0.717, 1.165) is 6.54 Å². The van der Waals surface area contributed by atoms with Gasteiger partial charge in [0.2, 0.25) is 0 Å². The van der Waals surface area contributed by atoms with Crippen LogP contribution in [0.15, 0.2) is 28.7 Å². The molecule has 0 spiro atoms. The number of rotatable bonds is 3. The fourth-order valence-corrected chi connectivity index (χ4v) is 3.02. The van der Waals surface area contributed by atoms with Crippen LogP contribution in [0.25, 0.3) is 0 Å². The van der Waals surface area contributed by atoms with E-state index in [0.29, 0.717) is 0 Å². The lowest BCUT2D eigenvalue weighted by molar-refractivity contribution is 0.355. The predicted molar refractivity (Wildman–Crippen MR) is 68.0 cm³/mol. The highest BCUT2D eigenvalue weighted by molar-refractivity contribution is 9.10. The van der Waals surface area contributed by atoms with Gasteiger partial charge in [-0.1, -0.05) is 41.4 Å². The zero-order chi connectivity index (χ0) is 10.7. The molecule has 1 N–H and O–H groups in total. The highest BCUT2D eigenvalue weighted by Gasteiger charge is 2.33. The minimum Gasteiger partial charge on any atom is -0.307 e. The smallest absolute Gasteiger partial charge is 0.0435 e. The molecule has 1 fully saturated rings. The zero-order valence-electron chi connectivity index (χ0n) is 9.22. The van der Waals surface area contributed by atoms with Crippen molar-refractivity contribution in [1.82, 2.24) is 5.32 Å². The lowest BCUT2D eigenvalue weighted by Gasteiger charge is -2.30. The SMILES string of the molecule is CCCC1(c2cccc(Br)c2)CCCN1. The Hall–Kier alpha value is -0.340. The van der Waals surface area contributed by atoms with E-state index < -0.39 is 0 Å². The summed E-state index contributed by atoms with van der Waals surface area (Å²) in [4.78, 5) is 0. The molecule has 1 heterocycles. The summed E-state index contributed by atoms with van der Waals surface area (Å²) < 4.78 is 1.18.